The van der Waals surface area contributed by atoms with Crippen molar-refractivity contribution in [2.75, 3.05) is 18.0 Å². The second kappa shape index (κ2) is 5.95. The van der Waals surface area contributed by atoms with Crippen molar-refractivity contribution in [3.8, 4) is 0 Å². The zero-order valence-electron chi connectivity index (χ0n) is 9.68. The summed E-state index contributed by atoms with van der Waals surface area (Å²) in [6, 6.07) is 7.86. The molecule has 0 bridgehead atoms. The summed E-state index contributed by atoms with van der Waals surface area (Å²) in [6.45, 7) is 6.17. The van der Waals surface area contributed by atoms with Crippen LogP contribution in [0.1, 0.15) is 19.4 Å². The first-order chi connectivity index (χ1) is 7.67. The standard InChI is InChI=1S/C13H17NO2/c1-3-14(4-2)12-8-5-11(6-9-12)7-10-13(15)16/h5-10H,3-4H2,1-2H3,(H,15,16)/b10-7-. The lowest BCUT2D eigenvalue weighted by Crippen LogP contribution is -2.21. The van der Waals surface area contributed by atoms with Crippen LogP contribution in [0.15, 0.2) is 30.3 Å². The average molecular weight is 219 g/mol. The van der Waals surface area contributed by atoms with Gasteiger partial charge >= 0.3 is 5.97 Å². The van der Waals surface area contributed by atoms with Gasteiger partial charge in [-0.05, 0) is 37.6 Å². The number of carbonyl (C=O) groups is 1. The molecule has 0 radical (unpaired) electrons. The van der Waals surface area contributed by atoms with Gasteiger partial charge in [0.2, 0.25) is 0 Å². The van der Waals surface area contributed by atoms with Crippen molar-refractivity contribution >= 4 is 17.7 Å². The highest BCUT2D eigenvalue weighted by molar-refractivity contribution is 5.85. The molecule has 1 aromatic rings. The summed E-state index contributed by atoms with van der Waals surface area (Å²) in [5, 5.41) is 8.50. The van der Waals surface area contributed by atoms with E-state index in [0.717, 1.165) is 30.4 Å². The molecule has 0 fully saturated rings. The first-order valence-corrected chi connectivity index (χ1v) is 5.43. The fraction of sp³-hybridized carbons (Fsp3) is 0.308. The minimum Gasteiger partial charge on any atom is -0.478 e. The molecule has 0 unspecified atom stereocenters. The van der Waals surface area contributed by atoms with E-state index in [4.69, 9.17) is 5.11 Å². The van der Waals surface area contributed by atoms with Gasteiger partial charge in [-0.1, -0.05) is 12.1 Å². The molecule has 0 saturated carbocycles. The summed E-state index contributed by atoms with van der Waals surface area (Å²) in [4.78, 5) is 12.6. The molecule has 1 rings (SSSR count). The third-order valence-electron chi connectivity index (χ3n) is 2.44. The second-order valence-electron chi connectivity index (χ2n) is 3.44. The number of hydrogen-bond donors (Lipinski definition) is 1. The number of anilines is 1. The maximum atomic E-state index is 10.3. The highest BCUT2D eigenvalue weighted by atomic mass is 16.4. The van der Waals surface area contributed by atoms with Crippen LogP contribution in [0.3, 0.4) is 0 Å². The van der Waals surface area contributed by atoms with Gasteiger partial charge in [0.25, 0.3) is 0 Å². The van der Waals surface area contributed by atoms with Crippen LogP contribution in [0.4, 0.5) is 5.69 Å². The monoisotopic (exact) mass is 219 g/mol. The lowest BCUT2D eigenvalue weighted by Gasteiger charge is -2.20. The molecule has 0 aromatic heterocycles. The first-order valence-electron chi connectivity index (χ1n) is 5.43. The summed E-state index contributed by atoms with van der Waals surface area (Å²) in [7, 11) is 0. The van der Waals surface area contributed by atoms with Crippen LogP contribution in [0.25, 0.3) is 6.08 Å². The van der Waals surface area contributed by atoms with Gasteiger partial charge in [-0.3, -0.25) is 0 Å². The molecule has 0 heterocycles. The molecule has 0 aliphatic carbocycles. The Balaban J connectivity index is 2.78. The Hall–Kier alpha value is -1.77. The van der Waals surface area contributed by atoms with E-state index in [1.165, 1.54) is 0 Å². The number of benzene rings is 1. The van der Waals surface area contributed by atoms with Crippen molar-refractivity contribution in [2.24, 2.45) is 0 Å². The van der Waals surface area contributed by atoms with Gasteiger partial charge in [0.1, 0.15) is 0 Å². The molecule has 3 heteroatoms. The summed E-state index contributed by atoms with van der Waals surface area (Å²) >= 11 is 0. The number of carboxylic acid groups (broad SMARTS) is 1. The summed E-state index contributed by atoms with van der Waals surface area (Å²) in [5.41, 5.74) is 2.07. The molecule has 1 aromatic carbocycles. The van der Waals surface area contributed by atoms with E-state index in [2.05, 4.69) is 18.7 Å². The quantitative estimate of drug-likeness (QED) is 0.774. The number of rotatable bonds is 5. The topological polar surface area (TPSA) is 40.5 Å². The number of nitrogens with zero attached hydrogens (tertiary/aromatic N) is 1. The zero-order valence-corrected chi connectivity index (χ0v) is 9.68. The van der Waals surface area contributed by atoms with E-state index in [1.807, 2.05) is 24.3 Å². The molecular weight excluding hydrogens is 202 g/mol. The number of aliphatic carboxylic acids is 1. The van der Waals surface area contributed by atoms with Crippen LogP contribution < -0.4 is 4.90 Å². The zero-order chi connectivity index (χ0) is 12.0. The fourth-order valence-corrected chi connectivity index (χ4v) is 1.55. The molecule has 86 valence electrons. The predicted molar refractivity (Wildman–Crippen MR) is 66.7 cm³/mol. The summed E-state index contributed by atoms with van der Waals surface area (Å²) in [5.74, 6) is -0.923. The van der Waals surface area contributed by atoms with Gasteiger partial charge in [0.15, 0.2) is 0 Å². The second-order valence-corrected chi connectivity index (χ2v) is 3.44. The van der Waals surface area contributed by atoms with Crippen molar-refractivity contribution in [1.82, 2.24) is 0 Å². The van der Waals surface area contributed by atoms with Crippen molar-refractivity contribution in [2.45, 2.75) is 13.8 Å². The Morgan fingerprint density at radius 2 is 1.81 bits per heavy atom. The summed E-state index contributed by atoms with van der Waals surface area (Å²) in [6.07, 6.45) is 2.74. The van der Waals surface area contributed by atoms with Crippen molar-refractivity contribution in [3.05, 3.63) is 35.9 Å². The average Bonchev–Trinajstić information content (AvgIpc) is 2.29. The van der Waals surface area contributed by atoms with Gasteiger partial charge in [-0.15, -0.1) is 0 Å². The summed E-state index contributed by atoms with van der Waals surface area (Å²) < 4.78 is 0. The van der Waals surface area contributed by atoms with Crippen LogP contribution in [0.2, 0.25) is 0 Å². The molecule has 16 heavy (non-hydrogen) atoms. The van der Waals surface area contributed by atoms with Gasteiger partial charge in [-0.25, -0.2) is 4.79 Å². The SMILES string of the molecule is CCN(CC)c1ccc(/C=C\C(=O)O)cc1. The van der Waals surface area contributed by atoms with Crippen LogP contribution in [0.5, 0.6) is 0 Å². The van der Waals surface area contributed by atoms with Crippen LogP contribution >= 0.6 is 0 Å². The number of carboxylic acids is 1. The maximum Gasteiger partial charge on any atom is 0.328 e. The van der Waals surface area contributed by atoms with E-state index in [1.54, 1.807) is 6.08 Å². The lowest BCUT2D eigenvalue weighted by atomic mass is 10.2. The third-order valence-corrected chi connectivity index (χ3v) is 2.44. The largest absolute Gasteiger partial charge is 0.478 e. The van der Waals surface area contributed by atoms with E-state index >= 15 is 0 Å². The third kappa shape index (κ3) is 3.42. The van der Waals surface area contributed by atoms with Gasteiger partial charge in [-0.2, -0.15) is 0 Å². The van der Waals surface area contributed by atoms with Gasteiger partial charge < -0.3 is 10.0 Å². The van der Waals surface area contributed by atoms with Crippen molar-refractivity contribution in [1.29, 1.82) is 0 Å². The normalized spacial score (nSPS) is 10.6. The molecular formula is C13H17NO2. The Labute approximate surface area is 96.0 Å². The highest BCUT2D eigenvalue weighted by Crippen LogP contribution is 2.15. The number of hydrogen-bond acceptors (Lipinski definition) is 2. The molecule has 0 aliphatic heterocycles. The molecule has 0 amide bonds. The molecule has 0 saturated heterocycles. The van der Waals surface area contributed by atoms with Crippen LogP contribution in [-0.4, -0.2) is 24.2 Å². The van der Waals surface area contributed by atoms with Gasteiger partial charge in [0.05, 0.1) is 0 Å². The maximum absolute atomic E-state index is 10.3. The minimum absolute atomic E-state index is 0.901. The molecule has 0 aliphatic rings. The first kappa shape index (κ1) is 12.3. The smallest absolute Gasteiger partial charge is 0.328 e. The van der Waals surface area contributed by atoms with E-state index < -0.39 is 5.97 Å². The lowest BCUT2D eigenvalue weighted by molar-refractivity contribution is -0.131. The van der Waals surface area contributed by atoms with E-state index in [9.17, 15) is 4.79 Å². The van der Waals surface area contributed by atoms with Gasteiger partial charge in [0, 0.05) is 24.9 Å². The molecule has 0 spiro atoms. The molecule has 0 atom stereocenters. The van der Waals surface area contributed by atoms with E-state index in [-0.39, 0.29) is 0 Å². The Morgan fingerprint density at radius 1 is 1.25 bits per heavy atom. The predicted octanol–water partition coefficient (Wildman–Crippen LogP) is 2.63. The highest BCUT2D eigenvalue weighted by Gasteiger charge is 2.00. The Kier molecular flexibility index (Phi) is 4.58. The van der Waals surface area contributed by atoms with E-state index in [0.29, 0.717) is 0 Å². The van der Waals surface area contributed by atoms with Crippen molar-refractivity contribution < 1.29 is 9.90 Å². The Bertz CT molecular complexity index is 364. The fourth-order valence-electron chi connectivity index (χ4n) is 1.55. The van der Waals surface area contributed by atoms with Crippen molar-refractivity contribution in [3.63, 3.8) is 0 Å². The van der Waals surface area contributed by atoms with Crippen LogP contribution in [0, 0.1) is 0 Å². The molecule has 1 N–H and O–H groups in total. The van der Waals surface area contributed by atoms with Crippen LogP contribution in [-0.2, 0) is 4.79 Å². The molecule has 3 nitrogen and oxygen atoms in total. The minimum atomic E-state index is -0.923. The Morgan fingerprint density at radius 3 is 2.25 bits per heavy atom.